The van der Waals surface area contributed by atoms with Crippen molar-refractivity contribution in [3.05, 3.63) is 58.5 Å². The van der Waals surface area contributed by atoms with Gasteiger partial charge in [0.25, 0.3) is 0 Å². The molecule has 0 atom stereocenters. The number of aromatic amines is 1. The van der Waals surface area contributed by atoms with E-state index < -0.39 is 0 Å². The zero-order valence-electron chi connectivity index (χ0n) is 11.3. The number of hydrogen-bond donors (Lipinski definition) is 1. The lowest BCUT2D eigenvalue weighted by molar-refractivity contribution is 0.104. The van der Waals surface area contributed by atoms with Crippen LogP contribution in [0, 0.1) is 13.8 Å². The monoisotopic (exact) mass is 282 g/mol. The summed E-state index contributed by atoms with van der Waals surface area (Å²) in [5.74, 6) is 0.0300. The lowest BCUT2D eigenvalue weighted by Crippen LogP contribution is -1.95. The second-order valence-electron chi connectivity index (χ2n) is 4.64. The van der Waals surface area contributed by atoms with E-state index in [-0.39, 0.29) is 5.78 Å². The number of aromatic nitrogens is 2. The van der Waals surface area contributed by atoms with Crippen molar-refractivity contribution in [3.63, 3.8) is 0 Å². The second kappa shape index (κ2) is 5.06. The molecule has 4 heteroatoms. The summed E-state index contributed by atoms with van der Waals surface area (Å²) in [5.41, 5.74) is 2.56. The largest absolute Gasteiger partial charge is 0.348 e. The van der Waals surface area contributed by atoms with Gasteiger partial charge in [0, 0.05) is 26.2 Å². The number of nitrogens with zero attached hydrogens (tertiary/aromatic N) is 1. The smallest absolute Gasteiger partial charge is 0.187 e. The van der Waals surface area contributed by atoms with Crippen molar-refractivity contribution in [3.8, 4) is 0 Å². The van der Waals surface area contributed by atoms with Crippen LogP contribution >= 0.6 is 11.3 Å². The molecule has 3 rings (SSSR count). The van der Waals surface area contributed by atoms with E-state index in [1.54, 1.807) is 29.8 Å². The topological polar surface area (TPSA) is 45.8 Å². The molecular formula is C16H14N2OS. The number of allylic oxidation sites excluding steroid dienone is 1. The minimum atomic E-state index is 0.0300. The Morgan fingerprint density at radius 1 is 1.30 bits per heavy atom. The molecule has 100 valence electrons. The van der Waals surface area contributed by atoms with Crippen molar-refractivity contribution in [2.45, 2.75) is 13.8 Å². The van der Waals surface area contributed by atoms with Crippen molar-refractivity contribution in [1.29, 1.82) is 0 Å². The molecule has 0 aliphatic rings. The minimum absolute atomic E-state index is 0.0300. The summed E-state index contributed by atoms with van der Waals surface area (Å²) < 4.78 is 1.15. The molecule has 3 aromatic rings. The number of rotatable bonds is 3. The SMILES string of the molecule is Cc1[nH]cnc1C=CC(=O)c1c(C)sc2ccccc12. The van der Waals surface area contributed by atoms with E-state index in [0.29, 0.717) is 0 Å². The zero-order chi connectivity index (χ0) is 14.1. The molecule has 0 amide bonds. The third-order valence-electron chi connectivity index (χ3n) is 3.28. The van der Waals surface area contributed by atoms with Gasteiger partial charge in [-0.15, -0.1) is 11.3 Å². The van der Waals surface area contributed by atoms with E-state index in [0.717, 1.165) is 31.9 Å². The van der Waals surface area contributed by atoms with Gasteiger partial charge in [-0.05, 0) is 32.1 Å². The van der Waals surface area contributed by atoms with E-state index in [1.165, 1.54) is 0 Å². The fraction of sp³-hybridized carbons (Fsp3) is 0.125. The molecule has 2 aromatic heterocycles. The van der Waals surface area contributed by atoms with Crippen LogP contribution < -0.4 is 0 Å². The number of fused-ring (bicyclic) bond motifs is 1. The highest BCUT2D eigenvalue weighted by atomic mass is 32.1. The molecule has 1 N–H and O–H groups in total. The maximum absolute atomic E-state index is 12.4. The Bertz CT molecular complexity index is 811. The lowest BCUT2D eigenvalue weighted by Gasteiger charge is -1.96. The molecule has 0 saturated carbocycles. The summed E-state index contributed by atoms with van der Waals surface area (Å²) in [5, 5.41) is 1.03. The fourth-order valence-corrected chi connectivity index (χ4v) is 3.32. The molecule has 0 fully saturated rings. The Balaban J connectivity index is 1.99. The first kappa shape index (κ1) is 12.8. The molecule has 2 heterocycles. The number of carbonyl (C=O) groups excluding carboxylic acids is 1. The third-order valence-corrected chi connectivity index (χ3v) is 4.37. The molecule has 1 aromatic carbocycles. The molecule has 0 radical (unpaired) electrons. The Hall–Kier alpha value is -2.20. The number of imidazole rings is 1. The summed E-state index contributed by atoms with van der Waals surface area (Å²) in [7, 11) is 0. The summed E-state index contributed by atoms with van der Waals surface area (Å²) in [6.45, 7) is 3.92. The average Bonchev–Trinajstić information content (AvgIpc) is 2.98. The van der Waals surface area contributed by atoms with Crippen LogP contribution in [-0.2, 0) is 0 Å². The quantitative estimate of drug-likeness (QED) is 0.579. The number of ketones is 1. The van der Waals surface area contributed by atoms with E-state index in [2.05, 4.69) is 9.97 Å². The van der Waals surface area contributed by atoms with Crippen LogP contribution in [0.4, 0.5) is 0 Å². The molecule has 0 bridgehead atoms. The molecule has 0 saturated heterocycles. The van der Waals surface area contributed by atoms with Gasteiger partial charge in [-0.2, -0.15) is 0 Å². The van der Waals surface area contributed by atoms with Crippen LogP contribution in [-0.4, -0.2) is 15.8 Å². The van der Waals surface area contributed by atoms with E-state index in [1.807, 2.05) is 38.1 Å². The first-order valence-corrected chi connectivity index (χ1v) is 7.19. The number of hydrogen-bond acceptors (Lipinski definition) is 3. The fourth-order valence-electron chi connectivity index (χ4n) is 2.25. The van der Waals surface area contributed by atoms with Crippen molar-refractivity contribution in [2.24, 2.45) is 0 Å². The van der Waals surface area contributed by atoms with Gasteiger partial charge in [0.1, 0.15) is 0 Å². The van der Waals surface area contributed by atoms with Gasteiger partial charge in [-0.1, -0.05) is 18.2 Å². The summed E-state index contributed by atoms with van der Waals surface area (Å²) in [6.07, 6.45) is 5.00. The van der Waals surface area contributed by atoms with Gasteiger partial charge in [-0.3, -0.25) is 4.79 Å². The first-order valence-electron chi connectivity index (χ1n) is 6.37. The maximum Gasteiger partial charge on any atom is 0.187 e. The summed E-state index contributed by atoms with van der Waals surface area (Å²) >= 11 is 1.66. The Labute approximate surface area is 121 Å². The highest BCUT2D eigenvalue weighted by Crippen LogP contribution is 2.31. The highest BCUT2D eigenvalue weighted by Gasteiger charge is 2.13. The van der Waals surface area contributed by atoms with Gasteiger partial charge < -0.3 is 4.98 Å². The number of benzene rings is 1. The predicted molar refractivity (Wildman–Crippen MR) is 83.3 cm³/mol. The molecule has 3 nitrogen and oxygen atoms in total. The second-order valence-corrected chi connectivity index (χ2v) is 5.90. The van der Waals surface area contributed by atoms with Crippen LogP contribution in [0.2, 0.25) is 0 Å². The Kier molecular flexibility index (Phi) is 3.24. The van der Waals surface area contributed by atoms with Crippen LogP contribution in [0.1, 0.15) is 26.6 Å². The molecule has 0 aliphatic carbocycles. The van der Waals surface area contributed by atoms with Crippen molar-refractivity contribution >= 4 is 33.3 Å². The van der Waals surface area contributed by atoms with Crippen LogP contribution in [0.15, 0.2) is 36.7 Å². The molecule has 0 aliphatic heterocycles. The molecule has 0 spiro atoms. The van der Waals surface area contributed by atoms with Gasteiger partial charge >= 0.3 is 0 Å². The summed E-state index contributed by atoms with van der Waals surface area (Å²) in [6, 6.07) is 8.01. The van der Waals surface area contributed by atoms with Crippen LogP contribution in [0.25, 0.3) is 16.2 Å². The average molecular weight is 282 g/mol. The highest BCUT2D eigenvalue weighted by molar-refractivity contribution is 7.19. The minimum Gasteiger partial charge on any atom is -0.348 e. The van der Waals surface area contributed by atoms with Gasteiger partial charge in [0.2, 0.25) is 0 Å². The van der Waals surface area contributed by atoms with E-state index in [4.69, 9.17) is 0 Å². The standard InChI is InChI=1S/C16H14N2OS/c1-10-13(18-9-17-10)7-8-14(19)16-11(2)20-15-6-4-3-5-12(15)16/h3-9H,1-2H3,(H,17,18). The third kappa shape index (κ3) is 2.18. The Morgan fingerprint density at radius 3 is 2.85 bits per heavy atom. The zero-order valence-corrected chi connectivity index (χ0v) is 12.1. The van der Waals surface area contributed by atoms with Gasteiger partial charge in [0.15, 0.2) is 5.78 Å². The molecular weight excluding hydrogens is 268 g/mol. The first-order chi connectivity index (χ1) is 9.66. The van der Waals surface area contributed by atoms with E-state index >= 15 is 0 Å². The molecule has 20 heavy (non-hydrogen) atoms. The summed E-state index contributed by atoms with van der Waals surface area (Å²) in [4.78, 5) is 20.6. The maximum atomic E-state index is 12.4. The van der Waals surface area contributed by atoms with Crippen LogP contribution in [0.3, 0.4) is 0 Å². The normalized spacial score (nSPS) is 11.5. The number of aryl methyl sites for hydroxylation is 2. The number of H-pyrrole nitrogens is 1. The number of nitrogens with one attached hydrogen (secondary N) is 1. The van der Waals surface area contributed by atoms with Crippen LogP contribution in [0.5, 0.6) is 0 Å². The van der Waals surface area contributed by atoms with E-state index in [9.17, 15) is 4.79 Å². The van der Waals surface area contributed by atoms with Crippen molar-refractivity contribution in [1.82, 2.24) is 9.97 Å². The van der Waals surface area contributed by atoms with Crippen molar-refractivity contribution in [2.75, 3.05) is 0 Å². The van der Waals surface area contributed by atoms with Gasteiger partial charge in [0.05, 0.1) is 12.0 Å². The van der Waals surface area contributed by atoms with Crippen molar-refractivity contribution < 1.29 is 4.79 Å². The molecule has 0 unspecified atom stereocenters. The Morgan fingerprint density at radius 2 is 2.10 bits per heavy atom. The predicted octanol–water partition coefficient (Wildman–Crippen LogP) is 4.14. The van der Waals surface area contributed by atoms with Gasteiger partial charge in [-0.25, -0.2) is 4.98 Å². The number of carbonyl (C=O) groups is 1. The lowest BCUT2D eigenvalue weighted by atomic mass is 10.1. The number of thiophene rings is 1.